The van der Waals surface area contributed by atoms with E-state index in [2.05, 4.69) is 24.4 Å². The molecule has 0 aromatic heterocycles. The highest BCUT2D eigenvalue weighted by molar-refractivity contribution is 6.30. The molecule has 1 aromatic rings. The third kappa shape index (κ3) is 3.69. The van der Waals surface area contributed by atoms with E-state index in [4.69, 9.17) is 21.1 Å². The van der Waals surface area contributed by atoms with Gasteiger partial charge in [-0.3, -0.25) is 0 Å². The van der Waals surface area contributed by atoms with Gasteiger partial charge in [-0.1, -0.05) is 30.7 Å². The van der Waals surface area contributed by atoms with E-state index in [1.807, 2.05) is 12.1 Å². The van der Waals surface area contributed by atoms with E-state index in [9.17, 15) is 0 Å². The summed E-state index contributed by atoms with van der Waals surface area (Å²) in [5.41, 5.74) is 1.09. The molecule has 0 spiro atoms. The van der Waals surface area contributed by atoms with Gasteiger partial charge in [0.25, 0.3) is 0 Å². The molecule has 1 fully saturated rings. The van der Waals surface area contributed by atoms with Crippen LogP contribution in [0.4, 0.5) is 0 Å². The number of halogens is 1. The van der Waals surface area contributed by atoms with E-state index in [1.165, 1.54) is 5.56 Å². The highest BCUT2D eigenvalue weighted by Gasteiger charge is 2.35. The molecule has 106 valence electrons. The fraction of sp³-hybridized carbons (Fsp3) is 0.600. The zero-order valence-electron chi connectivity index (χ0n) is 11.6. The van der Waals surface area contributed by atoms with Crippen LogP contribution < -0.4 is 5.32 Å². The van der Waals surface area contributed by atoms with Crippen molar-refractivity contribution in [2.45, 2.75) is 31.4 Å². The average Bonchev–Trinajstić information content (AvgIpc) is 2.91. The van der Waals surface area contributed by atoms with Gasteiger partial charge < -0.3 is 14.8 Å². The number of nitrogens with one attached hydrogen (secondary N) is 1. The van der Waals surface area contributed by atoms with E-state index in [1.54, 1.807) is 7.11 Å². The number of methoxy groups -OCH3 is 1. The molecule has 19 heavy (non-hydrogen) atoms. The van der Waals surface area contributed by atoms with E-state index >= 15 is 0 Å². The largest absolute Gasteiger partial charge is 0.378 e. The topological polar surface area (TPSA) is 30.5 Å². The van der Waals surface area contributed by atoms with E-state index < -0.39 is 0 Å². The molecule has 1 aliphatic rings. The molecule has 4 heteroatoms. The highest BCUT2D eigenvalue weighted by atomic mass is 35.5. The summed E-state index contributed by atoms with van der Waals surface area (Å²) in [6, 6.07) is 8.35. The van der Waals surface area contributed by atoms with Gasteiger partial charge in [-0.05, 0) is 24.1 Å². The second-order valence-electron chi connectivity index (χ2n) is 5.08. The van der Waals surface area contributed by atoms with Gasteiger partial charge in [-0.2, -0.15) is 0 Å². The van der Waals surface area contributed by atoms with Crippen molar-refractivity contribution < 1.29 is 9.47 Å². The quantitative estimate of drug-likeness (QED) is 0.870. The van der Waals surface area contributed by atoms with Crippen LogP contribution >= 0.6 is 11.6 Å². The summed E-state index contributed by atoms with van der Waals surface area (Å²) in [6.45, 7) is 4.45. The van der Waals surface area contributed by atoms with Crippen molar-refractivity contribution in [1.82, 2.24) is 5.32 Å². The summed E-state index contributed by atoms with van der Waals surface area (Å²) in [5, 5.41) is 4.36. The zero-order valence-corrected chi connectivity index (χ0v) is 12.4. The Kier molecular flexibility index (Phi) is 5.22. The molecule has 0 radical (unpaired) electrons. The standard InChI is InChI=1S/C15H22ClNO2/c1-3-14(12-4-6-13(16)7-5-12)17-10-15(18-2)8-9-19-11-15/h4-7,14,17H,3,8-11H2,1-2H3. The van der Waals surface area contributed by atoms with Gasteiger partial charge in [0.2, 0.25) is 0 Å². The molecule has 1 N–H and O–H groups in total. The summed E-state index contributed by atoms with van der Waals surface area (Å²) >= 11 is 5.93. The number of benzene rings is 1. The number of rotatable bonds is 6. The van der Waals surface area contributed by atoms with Crippen LogP contribution in [0.3, 0.4) is 0 Å². The van der Waals surface area contributed by atoms with E-state index in [0.29, 0.717) is 12.6 Å². The Balaban J connectivity index is 1.97. The smallest absolute Gasteiger partial charge is 0.106 e. The third-order valence-electron chi connectivity index (χ3n) is 3.85. The number of ether oxygens (including phenoxy) is 2. The van der Waals surface area contributed by atoms with Crippen LogP contribution in [0.5, 0.6) is 0 Å². The van der Waals surface area contributed by atoms with Gasteiger partial charge in [-0.25, -0.2) is 0 Å². The van der Waals surface area contributed by atoms with Crippen molar-refractivity contribution >= 4 is 11.6 Å². The lowest BCUT2D eigenvalue weighted by Crippen LogP contribution is -2.44. The maximum atomic E-state index is 5.93. The molecule has 2 rings (SSSR count). The molecule has 3 nitrogen and oxygen atoms in total. The van der Waals surface area contributed by atoms with Crippen molar-refractivity contribution in [2.24, 2.45) is 0 Å². The van der Waals surface area contributed by atoms with Crippen LogP contribution in [-0.2, 0) is 9.47 Å². The first kappa shape index (κ1) is 14.8. The monoisotopic (exact) mass is 283 g/mol. The van der Waals surface area contributed by atoms with Gasteiger partial charge in [0.1, 0.15) is 5.60 Å². The fourth-order valence-electron chi connectivity index (χ4n) is 2.46. The third-order valence-corrected chi connectivity index (χ3v) is 4.10. The lowest BCUT2D eigenvalue weighted by molar-refractivity contribution is -0.0176. The first-order chi connectivity index (χ1) is 9.19. The van der Waals surface area contributed by atoms with Crippen LogP contribution in [0.25, 0.3) is 0 Å². The van der Waals surface area contributed by atoms with Crippen molar-refractivity contribution in [1.29, 1.82) is 0 Å². The van der Waals surface area contributed by atoms with Gasteiger partial charge in [0.05, 0.1) is 6.61 Å². The average molecular weight is 284 g/mol. The van der Waals surface area contributed by atoms with E-state index in [-0.39, 0.29) is 5.60 Å². The molecular weight excluding hydrogens is 262 g/mol. The van der Waals surface area contributed by atoms with Crippen LogP contribution in [0.15, 0.2) is 24.3 Å². The zero-order chi connectivity index (χ0) is 13.7. The first-order valence-electron chi connectivity index (χ1n) is 6.81. The lowest BCUT2D eigenvalue weighted by Gasteiger charge is -2.29. The maximum absolute atomic E-state index is 5.93. The predicted octanol–water partition coefficient (Wildman–Crippen LogP) is 3.19. The molecule has 1 aliphatic heterocycles. The van der Waals surface area contributed by atoms with Crippen LogP contribution in [0.2, 0.25) is 5.02 Å². The minimum absolute atomic E-state index is 0.167. The molecule has 2 unspecified atom stereocenters. The number of hydrogen-bond donors (Lipinski definition) is 1. The Morgan fingerprint density at radius 2 is 2.16 bits per heavy atom. The fourth-order valence-corrected chi connectivity index (χ4v) is 2.59. The minimum Gasteiger partial charge on any atom is -0.378 e. The van der Waals surface area contributed by atoms with Crippen molar-refractivity contribution in [2.75, 3.05) is 26.9 Å². The van der Waals surface area contributed by atoms with Gasteiger partial charge >= 0.3 is 0 Å². The van der Waals surface area contributed by atoms with Gasteiger partial charge in [0, 0.05) is 37.7 Å². The highest BCUT2D eigenvalue weighted by Crippen LogP contribution is 2.24. The molecule has 0 bridgehead atoms. The van der Waals surface area contributed by atoms with Crippen LogP contribution in [0.1, 0.15) is 31.4 Å². The van der Waals surface area contributed by atoms with Crippen molar-refractivity contribution in [3.05, 3.63) is 34.9 Å². The SMILES string of the molecule is CCC(NCC1(OC)CCOC1)c1ccc(Cl)cc1. The molecule has 0 aliphatic carbocycles. The Labute approximate surface area is 120 Å². The summed E-state index contributed by atoms with van der Waals surface area (Å²) in [6.07, 6.45) is 1.98. The summed E-state index contributed by atoms with van der Waals surface area (Å²) in [4.78, 5) is 0. The predicted molar refractivity (Wildman–Crippen MR) is 77.7 cm³/mol. The van der Waals surface area contributed by atoms with Gasteiger partial charge in [0.15, 0.2) is 0 Å². The first-order valence-corrected chi connectivity index (χ1v) is 7.18. The maximum Gasteiger partial charge on any atom is 0.106 e. The van der Waals surface area contributed by atoms with Crippen LogP contribution in [0, 0.1) is 0 Å². The number of hydrogen-bond acceptors (Lipinski definition) is 3. The molecule has 0 amide bonds. The molecular formula is C15H22ClNO2. The van der Waals surface area contributed by atoms with Gasteiger partial charge in [-0.15, -0.1) is 0 Å². The van der Waals surface area contributed by atoms with Crippen LogP contribution in [-0.4, -0.2) is 32.5 Å². The summed E-state index contributed by atoms with van der Waals surface area (Å²) < 4.78 is 11.1. The Morgan fingerprint density at radius 3 is 2.68 bits per heavy atom. The van der Waals surface area contributed by atoms with Crippen molar-refractivity contribution in [3.8, 4) is 0 Å². The Bertz CT molecular complexity index is 388. The molecule has 0 saturated carbocycles. The second kappa shape index (κ2) is 6.71. The Morgan fingerprint density at radius 1 is 1.42 bits per heavy atom. The second-order valence-corrected chi connectivity index (χ2v) is 5.52. The summed E-state index contributed by atoms with van der Waals surface area (Å²) in [5.74, 6) is 0. The Hall–Kier alpha value is -0.610. The molecule has 2 atom stereocenters. The molecule has 1 saturated heterocycles. The minimum atomic E-state index is -0.167. The molecule has 1 aromatic carbocycles. The molecule has 1 heterocycles. The summed E-state index contributed by atoms with van der Waals surface area (Å²) in [7, 11) is 1.76. The van der Waals surface area contributed by atoms with Crippen molar-refractivity contribution in [3.63, 3.8) is 0 Å². The lowest BCUT2D eigenvalue weighted by atomic mass is 10.00. The normalized spacial score (nSPS) is 24.6. The van der Waals surface area contributed by atoms with E-state index in [0.717, 1.165) is 31.0 Å².